The summed E-state index contributed by atoms with van der Waals surface area (Å²) in [4.78, 5) is 0. The third-order valence-electron chi connectivity index (χ3n) is 5.61. The molecule has 1 aliphatic carbocycles. The van der Waals surface area contributed by atoms with Crippen LogP contribution in [0.25, 0.3) is 22.3 Å². The topological polar surface area (TPSA) is 18.5 Å². The van der Waals surface area contributed by atoms with Crippen molar-refractivity contribution >= 4 is 0 Å². The highest BCUT2D eigenvalue weighted by atomic mass is 16.7. The van der Waals surface area contributed by atoms with Crippen molar-refractivity contribution < 1.29 is 9.47 Å². The molecule has 2 nitrogen and oxygen atoms in total. The van der Waals surface area contributed by atoms with Crippen LogP contribution in [0.1, 0.15) is 17.5 Å². The summed E-state index contributed by atoms with van der Waals surface area (Å²) in [6.45, 7) is 1.41. The highest BCUT2D eigenvalue weighted by Crippen LogP contribution is 2.41. The molecule has 0 aromatic heterocycles. The second kappa shape index (κ2) is 6.39. The Hall–Kier alpha value is -2.42. The van der Waals surface area contributed by atoms with E-state index < -0.39 is 5.79 Å². The fourth-order valence-corrected chi connectivity index (χ4v) is 4.34. The minimum atomic E-state index is -0.412. The first kappa shape index (κ1) is 15.8. The molecule has 0 radical (unpaired) electrons. The van der Waals surface area contributed by atoms with Crippen molar-refractivity contribution in [3.8, 4) is 22.3 Å². The van der Waals surface area contributed by atoms with Crippen molar-refractivity contribution in [1.82, 2.24) is 0 Å². The van der Waals surface area contributed by atoms with Crippen molar-refractivity contribution in [2.45, 2.75) is 25.0 Å². The van der Waals surface area contributed by atoms with Crippen LogP contribution in [0.2, 0.25) is 0 Å². The molecule has 2 aliphatic rings. The molecule has 1 fully saturated rings. The molecule has 5 rings (SSSR count). The summed E-state index contributed by atoms with van der Waals surface area (Å²) in [6.07, 6.45) is 2.79. The van der Waals surface area contributed by atoms with Crippen molar-refractivity contribution in [3.05, 3.63) is 83.9 Å². The fourth-order valence-electron chi connectivity index (χ4n) is 4.34. The number of rotatable bonds is 2. The maximum Gasteiger partial charge on any atom is 0.172 e. The maximum absolute atomic E-state index is 6.02. The molecule has 1 aliphatic heterocycles. The number of ether oxygens (including phenoxy) is 2. The largest absolute Gasteiger partial charge is 0.347 e. The van der Waals surface area contributed by atoms with Crippen LogP contribution < -0.4 is 0 Å². The van der Waals surface area contributed by atoms with Gasteiger partial charge in [0.05, 0.1) is 13.2 Å². The van der Waals surface area contributed by atoms with Gasteiger partial charge in [-0.1, -0.05) is 72.8 Å². The van der Waals surface area contributed by atoms with Gasteiger partial charge in [-0.2, -0.15) is 0 Å². The van der Waals surface area contributed by atoms with E-state index in [1.165, 1.54) is 33.4 Å². The highest BCUT2D eigenvalue weighted by molar-refractivity contribution is 5.85. The molecule has 130 valence electrons. The van der Waals surface area contributed by atoms with Gasteiger partial charge in [0.2, 0.25) is 0 Å². The quantitative estimate of drug-likeness (QED) is 0.633. The first-order valence-corrected chi connectivity index (χ1v) is 9.38. The van der Waals surface area contributed by atoms with Gasteiger partial charge in [-0.3, -0.25) is 0 Å². The second-order valence-corrected chi connectivity index (χ2v) is 7.14. The molecular formula is C24H22O2. The first-order chi connectivity index (χ1) is 12.8. The van der Waals surface area contributed by atoms with Crippen LogP contribution in [0.3, 0.4) is 0 Å². The van der Waals surface area contributed by atoms with E-state index in [1.807, 2.05) is 0 Å². The van der Waals surface area contributed by atoms with E-state index in [0.29, 0.717) is 13.2 Å². The predicted molar refractivity (Wildman–Crippen MR) is 104 cm³/mol. The first-order valence-electron chi connectivity index (χ1n) is 9.38. The monoisotopic (exact) mass is 342 g/mol. The van der Waals surface area contributed by atoms with Crippen LogP contribution in [0, 0.1) is 0 Å². The zero-order valence-corrected chi connectivity index (χ0v) is 14.8. The molecule has 3 aromatic carbocycles. The zero-order chi connectivity index (χ0) is 17.4. The molecule has 1 spiro atoms. The molecule has 0 N–H and O–H groups in total. The lowest BCUT2D eigenvalue weighted by Crippen LogP contribution is -2.37. The standard InChI is InChI=1S/C24H22O2/c1-2-7-18(8-3-1)20-10-4-5-11-21(20)22-12-6-9-19-13-14-24(17-23(19)22)25-15-16-26-24/h1-12H,13-17H2. The molecule has 0 saturated carbocycles. The molecule has 0 bridgehead atoms. The van der Waals surface area contributed by atoms with E-state index in [0.717, 1.165) is 19.3 Å². The van der Waals surface area contributed by atoms with Gasteiger partial charge in [0, 0.05) is 12.8 Å². The Morgan fingerprint density at radius 2 is 1.35 bits per heavy atom. The van der Waals surface area contributed by atoms with E-state index in [2.05, 4.69) is 72.8 Å². The smallest absolute Gasteiger partial charge is 0.172 e. The van der Waals surface area contributed by atoms with E-state index in [4.69, 9.17) is 9.47 Å². The third kappa shape index (κ3) is 2.66. The molecule has 0 atom stereocenters. The van der Waals surface area contributed by atoms with Gasteiger partial charge >= 0.3 is 0 Å². The Morgan fingerprint density at radius 1 is 0.654 bits per heavy atom. The normalized spacial score (nSPS) is 18.0. The van der Waals surface area contributed by atoms with E-state index in [1.54, 1.807) is 0 Å². The number of benzene rings is 3. The summed E-state index contributed by atoms with van der Waals surface area (Å²) in [5.74, 6) is -0.412. The predicted octanol–water partition coefficient (Wildman–Crippen LogP) is 5.25. The van der Waals surface area contributed by atoms with Crippen molar-refractivity contribution in [1.29, 1.82) is 0 Å². The Balaban J connectivity index is 1.65. The number of hydrogen-bond donors (Lipinski definition) is 0. The fraction of sp³-hybridized carbons (Fsp3) is 0.250. The number of fused-ring (bicyclic) bond motifs is 1. The maximum atomic E-state index is 6.02. The van der Waals surface area contributed by atoms with Gasteiger partial charge < -0.3 is 9.47 Å². The molecule has 1 heterocycles. The highest BCUT2D eigenvalue weighted by Gasteiger charge is 2.40. The summed E-state index contributed by atoms with van der Waals surface area (Å²) in [5.41, 5.74) is 7.92. The molecule has 2 heteroatoms. The Labute approximate surface area is 154 Å². The summed E-state index contributed by atoms with van der Waals surface area (Å²) in [6, 6.07) is 26.0. The molecule has 26 heavy (non-hydrogen) atoms. The van der Waals surface area contributed by atoms with Crippen molar-refractivity contribution in [2.75, 3.05) is 13.2 Å². The summed E-state index contributed by atoms with van der Waals surface area (Å²) >= 11 is 0. The van der Waals surface area contributed by atoms with Crippen LogP contribution in [0.15, 0.2) is 72.8 Å². The van der Waals surface area contributed by atoms with E-state index in [-0.39, 0.29) is 0 Å². The number of hydrogen-bond acceptors (Lipinski definition) is 2. The van der Waals surface area contributed by atoms with Crippen LogP contribution in [0.5, 0.6) is 0 Å². The Morgan fingerprint density at radius 3 is 2.15 bits per heavy atom. The van der Waals surface area contributed by atoms with Crippen LogP contribution >= 0.6 is 0 Å². The average molecular weight is 342 g/mol. The van der Waals surface area contributed by atoms with Gasteiger partial charge in [-0.25, -0.2) is 0 Å². The minimum absolute atomic E-state index is 0.412. The van der Waals surface area contributed by atoms with Crippen LogP contribution in [-0.4, -0.2) is 19.0 Å². The average Bonchev–Trinajstić information content (AvgIpc) is 3.16. The summed E-state index contributed by atoms with van der Waals surface area (Å²) < 4.78 is 12.0. The minimum Gasteiger partial charge on any atom is -0.347 e. The van der Waals surface area contributed by atoms with E-state index >= 15 is 0 Å². The molecule has 0 unspecified atom stereocenters. The lowest BCUT2D eigenvalue weighted by molar-refractivity contribution is -0.163. The van der Waals surface area contributed by atoms with Gasteiger partial charge in [0.1, 0.15) is 0 Å². The van der Waals surface area contributed by atoms with E-state index in [9.17, 15) is 0 Å². The lowest BCUT2D eigenvalue weighted by Gasteiger charge is -2.34. The summed E-state index contributed by atoms with van der Waals surface area (Å²) in [7, 11) is 0. The van der Waals surface area contributed by atoms with Gasteiger partial charge in [-0.05, 0) is 39.8 Å². The SMILES string of the molecule is c1ccc(-c2ccccc2-c2cccc3c2CC2(CC3)OCCO2)cc1. The van der Waals surface area contributed by atoms with Crippen LogP contribution in [-0.2, 0) is 22.3 Å². The molecule has 3 aromatic rings. The van der Waals surface area contributed by atoms with Crippen LogP contribution in [0.4, 0.5) is 0 Å². The number of aryl methyl sites for hydroxylation is 1. The van der Waals surface area contributed by atoms with Gasteiger partial charge in [0.25, 0.3) is 0 Å². The molecular weight excluding hydrogens is 320 g/mol. The molecule has 0 amide bonds. The van der Waals surface area contributed by atoms with Gasteiger partial charge in [-0.15, -0.1) is 0 Å². The molecule has 1 saturated heterocycles. The zero-order valence-electron chi connectivity index (χ0n) is 14.8. The Kier molecular flexibility index (Phi) is 3.88. The Bertz CT molecular complexity index is 924. The van der Waals surface area contributed by atoms with Crippen molar-refractivity contribution in [3.63, 3.8) is 0 Å². The summed E-state index contributed by atoms with van der Waals surface area (Å²) in [5, 5.41) is 0. The van der Waals surface area contributed by atoms with Gasteiger partial charge in [0.15, 0.2) is 5.79 Å². The second-order valence-electron chi connectivity index (χ2n) is 7.14. The third-order valence-corrected chi connectivity index (χ3v) is 5.61. The van der Waals surface area contributed by atoms with Crippen molar-refractivity contribution in [2.24, 2.45) is 0 Å². The lowest BCUT2D eigenvalue weighted by atomic mass is 9.81.